The molecule has 0 bridgehead atoms. The summed E-state index contributed by atoms with van der Waals surface area (Å²) in [4.78, 5) is 26.9. The third-order valence-corrected chi connectivity index (χ3v) is 4.99. The monoisotopic (exact) mass is 415 g/mol. The summed E-state index contributed by atoms with van der Waals surface area (Å²) >= 11 is 6.27. The van der Waals surface area contributed by atoms with Gasteiger partial charge in [-0.15, -0.1) is 12.4 Å². The van der Waals surface area contributed by atoms with E-state index in [0.29, 0.717) is 41.7 Å². The van der Waals surface area contributed by atoms with E-state index in [0.717, 1.165) is 12.8 Å². The number of nitrogens with one attached hydrogen (secondary N) is 1. The Hall–Kier alpha value is -1.30. The van der Waals surface area contributed by atoms with Gasteiger partial charge in [-0.1, -0.05) is 32.4 Å². The zero-order valence-corrected chi connectivity index (χ0v) is 18.1. The van der Waals surface area contributed by atoms with E-state index in [9.17, 15) is 9.59 Å². The van der Waals surface area contributed by atoms with Gasteiger partial charge in [0.25, 0.3) is 5.91 Å². The Labute approximate surface area is 173 Å². The first kappa shape index (κ1) is 23.7. The van der Waals surface area contributed by atoms with Crippen LogP contribution in [0.1, 0.15) is 57.3 Å². The molecular formula is C20H31Cl2N3O2. The number of carbonyl (C=O) groups excluding carboxylic acids is 2. The van der Waals surface area contributed by atoms with Crippen LogP contribution in [0.15, 0.2) is 18.2 Å². The van der Waals surface area contributed by atoms with Crippen molar-refractivity contribution >= 4 is 41.5 Å². The molecule has 2 unspecified atom stereocenters. The Morgan fingerprint density at radius 2 is 2.04 bits per heavy atom. The second-order valence-electron chi connectivity index (χ2n) is 8.49. The summed E-state index contributed by atoms with van der Waals surface area (Å²) in [7, 11) is 0. The summed E-state index contributed by atoms with van der Waals surface area (Å²) in [5.74, 6) is 0.127. The molecule has 0 saturated carbocycles. The fourth-order valence-corrected chi connectivity index (χ4v) is 3.45. The molecule has 1 fully saturated rings. The maximum Gasteiger partial charge on any atom is 0.255 e. The molecule has 1 aliphatic heterocycles. The smallest absolute Gasteiger partial charge is 0.255 e. The van der Waals surface area contributed by atoms with E-state index < -0.39 is 0 Å². The largest absolute Gasteiger partial charge is 0.338 e. The summed E-state index contributed by atoms with van der Waals surface area (Å²) in [5.41, 5.74) is 6.93. The van der Waals surface area contributed by atoms with E-state index in [1.165, 1.54) is 0 Å². The topological polar surface area (TPSA) is 75.4 Å². The number of amides is 2. The van der Waals surface area contributed by atoms with Crippen LogP contribution in [0, 0.1) is 11.3 Å². The Bertz CT molecular complexity index is 672. The van der Waals surface area contributed by atoms with Gasteiger partial charge in [0, 0.05) is 31.2 Å². The van der Waals surface area contributed by atoms with Crippen LogP contribution in [0.5, 0.6) is 0 Å². The average molecular weight is 416 g/mol. The lowest BCUT2D eigenvalue weighted by Gasteiger charge is -2.34. The van der Waals surface area contributed by atoms with Gasteiger partial charge in [-0.3, -0.25) is 9.59 Å². The molecule has 1 heterocycles. The number of nitrogens with two attached hydrogens (primary N) is 1. The zero-order valence-electron chi connectivity index (χ0n) is 16.5. The van der Waals surface area contributed by atoms with Crippen molar-refractivity contribution in [2.75, 3.05) is 18.4 Å². The Morgan fingerprint density at radius 1 is 1.37 bits per heavy atom. The molecule has 2 amide bonds. The minimum Gasteiger partial charge on any atom is -0.338 e. The average Bonchev–Trinajstić information content (AvgIpc) is 2.54. The molecule has 0 aromatic heterocycles. The van der Waals surface area contributed by atoms with Gasteiger partial charge in [-0.05, 0) is 49.3 Å². The second kappa shape index (κ2) is 9.76. The lowest BCUT2D eigenvalue weighted by atomic mass is 9.91. The van der Waals surface area contributed by atoms with E-state index >= 15 is 0 Å². The van der Waals surface area contributed by atoms with E-state index in [-0.39, 0.29) is 35.7 Å². The van der Waals surface area contributed by atoms with Crippen LogP contribution >= 0.6 is 24.0 Å². The molecule has 2 rings (SSSR count). The van der Waals surface area contributed by atoms with Crippen LogP contribution < -0.4 is 11.1 Å². The van der Waals surface area contributed by atoms with Gasteiger partial charge in [0.15, 0.2) is 0 Å². The summed E-state index contributed by atoms with van der Waals surface area (Å²) in [6.45, 7) is 9.36. The number of hydrogen-bond acceptors (Lipinski definition) is 3. The highest BCUT2D eigenvalue weighted by Gasteiger charge is 2.27. The third-order valence-electron chi connectivity index (χ3n) is 4.66. The number of likely N-dealkylation sites (tertiary alicyclic amines) is 1. The standard InChI is InChI=1S/C20H30ClN3O2.ClH/c1-13(22)14-6-5-9-24(12-14)19(26)16-10-15(7-8-17(16)21)23-18(25)11-20(2,3)4;/h7-8,10,13-14H,5-6,9,11-12,22H2,1-4H3,(H,23,25);1H. The fraction of sp³-hybridized carbons (Fsp3) is 0.600. The van der Waals surface area contributed by atoms with Crippen LogP contribution in [-0.4, -0.2) is 35.8 Å². The van der Waals surface area contributed by atoms with Crippen molar-refractivity contribution < 1.29 is 9.59 Å². The first-order valence-corrected chi connectivity index (χ1v) is 9.59. The molecule has 3 N–H and O–H groups in total. The predicted octanol–water partition coefficient (Wildman–Crippen LogP) is 4.34. The zero-order chi connectivity index (χ0) is 19.5. The highest BCUT2D eigenvalue weighted by atomic mass is 35.5. The Kier molecular flexibility index (Phi) is 8.58. The molecule has 0 radical (unpaired) electrons. The molecule has 152 valence electrons. The summed E-state index contributed by atoms with van der Waals surface area (Å²) in [6.07, 6.45) is 2.39. The van der Waals surface area contributed by atoms with E-state index in [4.69, 9.17) is 17.3 Å². The number of hydrogen-bond donors (Lipinski definition) is 2. The quantitative estimate of drug-likeness (QED) is 0.767. The van der Waals surface area contributed by atoms with Crippen LogP contribution in [0.2, 0.25) is 5.02 Å². The molecule has 2 atom stereocenters. The van der Waals surface area contributed by atoms with Crippen molar-refractivity contribution in [1.29, 1.82) is 0 Å². The van der Waals surface area contributed by atoms with Crippen molar-refractivity contribution in [2.24, 2.45) is 17.1 Å². The number of halogens is 2. The van der Waals surface area contributed by atoms with Gasteiger partial charge in [-0.25, -0.2) is 0 Å². The lowest BCUT2D eigenvalue weighted by molar-refractivity contribution is -0.117. The number of piperidine rings is 1. The van der Waals surface area contributed by atoms with Gasteiger partial charge < -0.3 is 16.0 Å². The van der Waals surface area contributed by atoms with E-state index in [1.807, 2.05) is 32.6 Å². The van der Waals surface area contributed by atoms with Crippen molar-refractivity contribution in [3.05, 3.63) is 28.8 Å². The van der Waals surface area contributed by atoms with Crippen LogP contribution in [0.3, 0.4) is 0 Å². The van der Waals surface area contributed by atoms with Crippen LogP contribution in [-0.2, 0) is 4.79 Å². The van der Waals surface area contributed by atoms with Gasteiger partial charge in [0.2, 0.25) is 5.91 Å². The molecule has 7 heteroatoms. The number of rotatable bonds is 4. The number of anilines is 1. The first-order valence-electron chi connectivity index (χ1n) is 9.21. The molecule has 0 aliphatic carbocycles. The Balaban J connectivity index is 0.00000364. The van der Waals surface area contributed by atoms with E-state index in [1.54, 1.807) is 18.2 Å². The van der Waals surface area contributed by atoms with Gasteiger partial charge >= 0.3 is 0 Å². The Morgan fingerprint density at radius 3 is 2.63 bits per heavy atom. The molecule has 1 aliphatic rings. The van der Waals surface area contributed by atoms with Crippen molar-refractivity contribution in [3.63, 3.8) is 0 Å². The molecule has 1 aromatic rings. The van der Waals surface area contributed by atoms with Crippen molar-refractivity contribution in [2.45, 2.75) is 53.0 Å². The third kappa shape index (κ3) is 6.98. The summed E-state index contributed by atoms with van der Waals surface area (Å²) < 4.78 is 0. The lowest BCUT2D eigenvalue weighted by Crippen LogP contribution is -2.45. The maximum absolute atomic E-state index is 12.9. The molecule has 5 nitrogen and oxygen atoms in total. The number of benzene rings is 1. The molecule has 1 saturated heterocycles. The minimum atomic E-state index is -0.104. The van der Waals surface area contributed by atoms with Gasteiger partial charge in [-0.2, -0.15) is 0 Å². The highest BCUT2D eigenvalue weighted by molar-refractivity contribution is 6.34. The summed E-state index contributed by atoms with van der Waals surface area (Å²) in [6, 6.07) is 5.11. The SMILES string of the molecule is CC(N)C1CCCN(C(=O)c2cc(NC(=O)CC(C)(C)C)ccc2Cl)C1.Cl. The normalized spacial score (nSPS) is 18.4. The summed E-state index contributed by atoms with van der Waals surface area (Å²) in [5, 5.41) is 3.26. The molecular weight excluding hydrogens is 385 g/mol. The van der Waals surface area contributed by atoms with Gasteiger partial charge in [0.1, 0.15) is 0 Å². The second-order valence-corrected chi connectivity index (χ2v) is 8.90. The minimum absolute atomic E-state index is 0. The first-order chi connectivity index (χ1) is 12.1. The van der Waals surface area contributed by atoms with Crippen LogP contribution in [0.4, 0.5) is 5.69 Å². The predicted molar refractivity (Wildman–Crippen MR) is 114 cm³/mol. The van der Waals surface area contributed by atoms with Crippen LogP contribution in [0.25, 0.3) is 0 Å². The molecule has 27 heavy (non-hydrogen) atoms. The molecule has 1 aromatic carbocycles. The van der Waals surface area contributed by atoms with Crippen molar-refractivity contribution in [3.8, 4) is 0 Å². The fourth-order valence-electron chi connectivity index (χ4n) is 3.25. The molecule has 0 spiro atoms. The highest BCUT2D eigenvalue weighted by Crippen LogP contribution is 2.26. The van der Waals surface area contributed by atoms with Crippen molar-refractivity contribution in [1.82, 2.24) is 4.90 Å². The number of carbonyl (C=O) groups is 2. The van der Waals surface area contributed by atoms with E-state index in [2.05, 4.69) is 5.32 Å². The number of nitrogens with zero attached hydrogens (tertiary/aromatic N) is 1. The van der Waals surface area contributed by atoms with Gasteiger partial charge in [0.05, 0.1) is 10.6 Å². The maximum atomic E-state index is 12.9.